The summed E-state index contributed by atoms with van der Waals surface area (Å²) in [4.78, 5) is 25.0. The van der Waals surface area contributed by atoms with Crippen LogP contribution in [0.5, 0.6) is 11.5 Å². The number of ether oxygens (including phenoxy) is 1. The first-order valence-corrected chi connectivity index (χ1v) is 10.3. The van der Waals surface area contributed by atoms with Gasteiger partial charge in [0.05, 0.1) is 22.3 Å². The van der Waals surface area contributed by atoms with Crippen LogP contribution in [0.15, 0.2) is 50.4 Å². The van der Waals surface area contributed by atoms with Crippen LogP contribution in [0.3, 0.4) is 0 Å². The van der Waals surface area contributed by atoms with Gasteiger partial charge in [0.1, 0.15) is 17.5 Å². The molecule has 0 aliphatic heterocycles. The maximum atomic E-state index is 12.5. The molecule has 0 radical (unpaired) electrons. The van der Waals surface area contributed by atoms with Crippen molar-refractivity contribution in [3.8, 4) is 11.5 Å². The number of hydrazone groups is 1. The summed E-state index contributed by atoms with van der Waals surface area (Å²) in [6, 6.07) is 9.15. The van der Waals surface area contributed by atoms with Crippen LogP contribution in [0.1, 0.15) is 29.8 Å². The number of phenolic OH excluding ortho intramolecular Hbond substituents is 1. The highest BCUT2D eigenvalue weighted by Gasteiger charge is 2.24. The molecule has 0 aliphatic carbocycles. The molecule has 1 atom stereocenters. The van der Waals surface area contributed by atoms with Gasteiger partial charge >= 0.3 is 0 Å². The number of hydrogen-bond donors (Lipinski definition) is 3. The van der Waals surface area contributed by atoms with Crippen molar-refractivity contribution in [1.82, 2.24) is 10.7 Å². The summed E-state index contributed by atoms with van der Waals surface area (Å²) >= 11 is 6.47. The second-order valence-corrected chi connectivity index (χ2v) is 8.20. The quantitative estimate of drug-likeness (QED) is 0.377. The molecular weight excluding hydrogens is 506 g/mol. The third kappa shape index (κ3) is 6.30. The van der Waals surface area contributed by atoms with Gasteiger partial charge in [0.25, 0.3) is 11.8 Å². The number of carbonyl (C=O) groups excluding carboxylic acids is 2. The van der Waals surface area contributed by atoms with Crippen molar-refractivity contribution < 1.29 is 19.4 Å². The fraction of sp³-hybridized carbons (Fsp3) is 0.250. The molecule has 1 unspecified atom stereocenters. The summed E-state index contributed by atoms with van der Waals surface area (Å²) in [5, 5.41) is 16.4. The van der Waals surface area contributed by atoms with Crippen LogP contribution in [-0.4, -0.2) is 36.3 Å². The Morgan fingerprint density at radius 3 is 2.24 bits per heavy atom. The van der Waals surface area contributed by atoms with Crippen molar-refractivity contribution >= 4 is 49.9 Å². The maximum absolute atomic E-state index is 12.5. The van der Waals surface area contributed by atoms with Crippen LogP contribution < -0.4 is 15.5 Å². The van der Waals surface area contributed by atoms with Crippen molar-refractivity contribution in [1.29, 1.82) is 0 Å². The van der Waals surface area contributed by atoms with Gasteiger partial charge in [-0.3, -0.25) is 9.59 Å². The highest BCUT2D eigenvalue weighted by molar-refractivity contribution is 9.11. The molecule has 7 nitrogen and oxygen atoms in total. The Bertz CT molecular complexity index is 891. The first-order valence-electron chi connectivity index (χ1n) is 8.68. The number of nitrogens with one attached hydrogen (secondary N) is 2. The van der Waals surface area contributed by atoms with E-state index in [1.54, 1.807) is 43.5 Å². The molecule has 2 amide bonds. The van der Waals surface area contributed by atoms with Crippen LogP contribution in [0, 0.1) is 5.92 Å². The van der Waals surface area contributed by atoms with Gasteiger partial charge in [0.2, 0.25) is 0 Å². The SMILES string of the molecule is COc1ccc(C(=O)NC(C(=O)N/N=C/c2cc(Br)c(O)c(Br)c2)C(C)C)cc1. The zero-order valence-corrected chi connectivity index (χ0v) is 19.2. The maximum Gasteiger partial charge on any atom is 0.262 e. The topological polar surface area (TPSA) is 100 Å². The van der Waals surface area contributed by atoms with Crippen LogP contribution in [-0.2, 0) is 4.79 Å². The number of aromatic hydroxyl groups is 1. The van der Waals surface area contributed by atoms with Gasteiger partial charge < -0.3 is 15.2 Å². The number of nitrogens with zero attached hydrogens (tertiary/aromatic N) is 1. The number of benzene rings is 2. The molecule has 154 valence electrons. The van der Waals surface area contributed by atoms with E-state index in [0.29, 0.717) is 25.8 Å². The van der Waals surface area contributed by atoms with Crippen LogP contribution in [0.25, 0.3) is 0 Å². The summed E-state index contributed by atoms with van der Waals surface area (Å²) in [6.45, 7) is 3.66. The van der Waals surface area contributed by atoms with Gasteiger partial charge in [-0.15, -0.1) is 0 Å². The van der Waals surface area contributed by atoms with E-state index in [0.717, 1.165) is 0 Å². The van der Waals surface area contributed by atoms with E-state index in [-0.39, 0.29) is 17.6 Å². The van der Waals surface area contributed by atoms with E-state index < -0.39 is 11.9 Å². The number of carbonyl (C=O) groups is 2. The lowest BCUT2D eigenvalue weighted by Gasteiger charge is -2.20. The first kappa shape index (κ1) is 22.9. The molecule has 3 N–H and O–H groups in total. The van der Waals surface area contributed by atoms with Gasteiger partial charge in [0.15, 0.2) is 0 Å². The number of phenols is 1. The molecule has 0 aromatic heterocycles. The van der Waals surface area contributed by atoms with Crippen molar-refractivity contribution in [3.63, 3.8) is 0 Å². The average molecular weight is 527 g/mol. The van der Waals surface area contributed by atoms with E-state index in [1.807, 2.05) is 13.8 Å². The Morgan fingerprint density at radius 1 is 1.14 bits per heavy atom. The van der Waals surface area contributed by atoms with Crippen molar-refractivity contribution in [2.75, 3.05) is 7.11 Å². The molecule has 2 aromatic rings. The summed E-state index contributed by atoms with van der Waals surface area (Å²) < 4.78 is 6.06. The van der Waals surface area contributed by atoms with Crippen molar-refractivity contribution in [2.24, 2.45) is 11.0 Å². The lowest BCUT2D eigenvalue weighted by Crippen LogP contribution is -2.48. The van der Waals surface area contributed by atoms with Gasteiger partial charge in [0, 0.05) is 5.56 Å². The second-order valence-electron chi connectivity index (χ2n) is 6.49. The Labute approximate surface area is 185 Å². The Morgan fingerprint density at radius 2 is 1.72 bits per heavy atom. The average Bonchev–Trinajstić information content (AvgIpc) is 2.69. The Hall–Kier alpha value is -2.39. The second kappa shape index (κ2) is 10.4. The minimum absolute atomic E-state index is 0.0762. The third-order valence-electron chi connectivity index (χ3n) is 4.02. The summed E-state index contributed by atoms with van der Waals surface area (Å²) in [5.74, 6) is -0.231. The van der Waals surface area contributed by atoms with Crippen LogP contribution in [0.2, 0.25) is 0 Å². The van der Waals surface area contributed by atoms with Gasteiger partial charge in [-0.25, -0.2) is 5.43 Å². The zero-order chi connectivity index (χ0) is 21.6. The van der Waals surface area contributed by atoms with Crippen LogP contribution in [0.4, 0.5) is 0 Å². The van der Waals surface area contributed by atoms with Gasteiger partial charge in [-0.05, 0) is 79.7 Å². The molecule has 2 aromatic carbocycles. The minimum Gasteiger partial charge on any atom is -0.506 e. The molecule has 0 saturated heterocycles. The molecule has 0 heterocycles. The fourth-order valence-corrected chi connectivity index (χ4v) is 3.62. The molecule has 0 spiro atoms. The Balaban J connectivity index is 2.04. The van der Waals surface area contributed by atoms with Gasteiger partial charge in [-0.1, -0.05) is 13.8 Å². The normalized spacial score (nSPS) is 12.1. The predicted octanol–water partition coefficient (Wildman–Crippen LogP) is 3.83. The molecule has 9 heteroatoms. The zero-order valence-electron chi connectivity index (χ0n) is 16.1. The fourth-order valence-electron chi connectivity index (χ4n) is 2.40. The molecular formula is C20H21Br2N3O4. The van der Waals surface area contributed by atoms with Crippen LogP contribution >= 0.6 is 31.9 Å². The summed E-state index contributed by atoms with van der Waals surface area (Å²) in [7, 11) is 1.55. The minimum atomic E-state index is -0.764. The molecule has 0 aliphatic rings. The highest BCUT2D eigenvalue weighted by atomic mass is 79.9. The molecule has 2 rings (SSSR count). The van der Waals surface area contributed by atoms with Gasteiger partial charge in [-0.2, -0.15) is 5.10 Å². The van der Waals surface area contributed by atoms with Crippen molar-refractivity contribution in [3.05, 3.63) is 56.5 Å². The lowest BCUT2D eigenvalue weighted by atomic mass is 10.0. The summed E-state index contributed by atoms with van der Waals surface area (Å²) in [6.07, 6.45) is 1.44. The number of methoxy groups -OCH3 is 1. The van der Waals surface area contributed by atoms with E-state index >= 15 is 0 Å². The highest BCUT2D eigenvalue weighted by Crippen LogP contribution is 2.32. The van der Waals surface area contributed by atoms with E-state index in [1.165, 1.54) is 6.21 Å². The Kier molecular flexibility index (Phi) is 8.21. The summed E-state index contributed by atoms with van der Waals surface area (Å²) in [5.41, 5.74) is 3.52. The number of hydrogen-bond acceptors (Lipinski definition) is 5. The van der Waals surface area contributed by atoms with Crippen molar-refractivity contribution in [2.45, 2.75) is 19.9 Å². The molecule has 0 saturated carbocycles. The third-order valence-corrected chi connectivity index (χ3v) is 5.22. The largest absolute Gasteiger partial charge is 0.506 e. The molecule has 0 bridgehead atoms. The number of rotatable bonds is 7. The standard InChI is InChI=1S/C20H21Br2N3O4/c1-11(2)17(24-19(27)13-4-6-14(29-3)7-5-13)20(28)25-23-10-12-8-15(21)18(26)16(22)9-12/h4-11,17,26H,1-3H3,(H,24,27)(H,25,28)/b23-10+. The monoisotopic (exact) mass is 525 g/mol. The predicted molar refractivity (Wildman–Crippen MR) is 118 cm³/mol. The smallest absolute Gasteiger partial charge is 0.262 e. The first-order chi connectivity index (χ1) is 13.7. The van der Waals surface area contributed by atoms with E-state index in [9.17, 15) is 14.7 Å². The number of halogens is 2. The number of amides is 2. The van der Waals surface area contributed by atoms with E-state index in [4.69, 9.17) is 4.74 Å². The molecule has 29 heavy (non-hydrogen) atoms. The lowest BCUT2D eigenvalue weighted by molar-refractivity contribution is -0.123. The molecule has 0 fully saturated rings. The van der Waals surface area contributed by atoms with E-state index in [2.05, 4.69) is 47.7 Å².